The van der Waals surface area contributed by atoms with Crippen molar-refractivity contribution in [1.82, 2.24) is 0 Å². The molecule has 1 N–H and O–H groups in total. The van der Waals surface area contributed by atoms with Crippen LogP contribution in [-0.4, -0.2) is 23.8 Å². The van der Waals surface area contributed by atoms with Gasteiger partial charge in [-0.2, -0.15) is 0 Å². The van der Waals surface area contributed by atoms with Gasteiger partial charge in [0.15, 0.2) is 0 Å². The number of rotatable bonds is 4. The van der Waals surface area contributed by atoms with E-state index in [4.69, 9.17) is 9.47 Å². The van der Waals surface area contributed by atoms with Crippen molar-refractivity contribution in [2.45, 2.75) is 12.0 Å². The Balaban J connectivity index is 2.05. The summed E-state index contributed by atoms with van der Waals surface area (Å²) in [4.78, 5) is 12.0. The molecule has 0 amide bonds. The van der Waals surface area contributed by atoms with Gasteiger partial charge in [0.05, 0.1) is 12.7 Å². The average molecular weight is 272 g/mol. The molecule has 1 aliphatic carbocycles. The van der Waals surface area contributed by atoms with Crippen LogP contribution in [0.3, 0.4) is 0 Å². The van der Waals surface area contributed by atoms with E-state index in [1.165, 1.54) is 6.08 Å². The van der Waals surface area contributed by atoms with Gasteiger partial charge in [-0.3, -0.25) is 0 Å². The molecule has 0 saturated carbocycles. The third-order valence-corrected chi connectivity index (χ3v) is 3.09. The maximum absolute atomic E-state index is 12.0. The number of benzene rings is 1. The van der Waals surface area contributed by atoms with E-state index in [-0.39, 0.29) is 5.57 Å². The van der Waals surface area contributed by atoms with Crippen LogP contribution in [0.2, 0.25) is 0 Å². The van der Waals surface area contributed by atoms with Crippen LogP contribution in [0.15, 0.2) is 60.7 Å². The van der Waals surface area contributed by atoms with Crippen molar-refractivity contribution < 1.29 is 19.4 Å². The summed E-state index contributed by atoms with van der Waals surface area (Å²) in [5, 5.41) is 10.3. The lowest BCUT2D eigenvalue weighted by Gasteiger charge is -2.25. The topological polar surface area (TPSA) is 55.8 Å². The fraction of sp³-hybridized carbons (Fsp3) is 0.188. The van der Waals surface area contributed by atoms with Gasteiger partial charge in [0.1, 0.15) is 17.1 Å². The zero-order valence-electron chi connectivity index (χ0n) is 11.2. The summed E-state index contributed by atoms with van der Waals surface area (Å²) in [6.07, 6.45) is 7.09. The molecule has 0 fully saturated rings. The van der Waals surface area contributed by atoms with Crippen molar-refractivity contribution in [1.29, 1.82) is 0 Å². The normalized spacial score (nSPS) is 20.5. The molecule has 4 heteroatoms. The number of methoxy groups -OCH3 is 1. The largest absolute Gasteiger partial charge is 0.497 e. The zero-order valence-corrected chi connectivity index (χ0v) is 11.2. The molecule has 1 atom stereocenters. The number of hydrogen-bond donors (Lipinski definition) is 1. The van der Waals surface area contributed by atoms with Gasteiger partial charge in [0.25, 0.3) is 0 Å². The average Bonchev–Trinajstić information content (AvgIpc) is 2.48. The van der Waals surface area contributed by atoms with Gasteiger partial charge in [-0.1, -0.05) is 24.8 Å². The van der Waals surface area contributed by atoms with E-state index in [0.717, 1.165) is 0 Å². The first-order valence-electron chi connectivity index (χ1n) is 6.17. The predicted octanol–water partition coefficient (Wildman–Crippen LogP) is 2.40. The molecule has 0 spiro atoms. The van der Waals surface area contributed by atoms with Crippen molar-refractivity contribution in [3.8, 4) is 11.5 Å². The quantitative estimate of drug-likeness (QED) is 0.519. The lowest BCUT2D eigenvalue weighted by Crippen LogP contribution is -2.34. The van der Waals surface area contributed by atoms with Crippen LogP contribution in [0, 0.1) is 0 Å². The van der Waals surface area contributed by atoms with E-state index < -0.39 is 11.6 Å². The molecule has 104 valence electrons. The molecule has 0 heterocycles. The lowest BCUT2D eigenvalue weighted by molar-refractivity contribution is -0.132. The summed E-state index contributed by atoms with van der Waals surface area (Å²) >= 11 is 0. The van der Waals surface area contributed by atoms with E-state index in [0.29, 0.717) is 17.9 Å². The van der Waals surface area contributed by atoms with E-state index in [1.54, 1.807) is 49.6 Å². The van der Waals surface area contributed by atoms with Crippen LogP contribution in [0.4, 0.5) is 0 Å². The number of hydrogen-bond acceptors (Lipinski definition) is 4. The molecule has 4 nitrogen and oxygen atoms in total. The van der Waals surface area contributed by atoms with E-state index in [9.17, 15) is 9.90 Å². The molecule has 0 saturated heterocycles. The lowest BCUT2D eigenvalue weighted by atomic mass is 9.88. The Bertz CT molecular complexity index is 569. The maximum Gasteiger partial charge on any atom is 0.342 e. The number of esters is 1. The third kappa shape index (κ3) is 2.97. The molecule has 1 aromatic rings. The van der Waals surface area contributed by atoms with Gasteiger partial charge in [-0.05, 0) is 30.3 Å². The fourth-order valence-electron chi connectivity index (χ4n) is 1.82. The first-order valence-corrected chi connectivity index (χ1v) is 6.17. The number of carbonyl (C=O) groups excluding carboxylic acids is 1. The van der Waals surface area contributed by atoms with Crippen LogP contribution < -0.4 is 9.47 Å². The summed E-state index contributed by atoms with van der Waals surface area (Å²) in [6.45, 7) is 3.65. The predicted molar refractivity (Wildman–Crippen MR) is 75.6 cm³/mol. The summed E-state index contributed by atoms with van der Waals surface area (Å²) < 4.78 is 10.2. The monoisotopic (exact) mass is 272 g/mol. The minimum absolute atomic E-state index is 0.00826. The van der Waals surface area contributed by atoms with Gasteiger partial charge >= 0.3 is 5.97 Å². The molecule has 1 aromatic carbocycles. The Morgan fingerprint density at radius 3 is 2.45 bits per heavy atom. The number of aliphatic hydroxyl groups is 1. The summed E-state index contributed by atoms with van der Waals surface area (Å²) in [7, 11) is 1.56. The maximum atomic E-state index is 12.0. The summed E-state index contributed by atoms with van der Waals surface area (Å²) in [6, 6.07) is 6.60. The first kappa shape index (κ1) is 14.1. The minimum atomic E-state index is -1.38. The Kier molecular flexibility index (Phi) is 4.05. The molecule has 0 aromatic heterocycles. The second-order valence-corrected chi connectivity index (χ2v) is 4.46. The third-order valence-electron chi connectivity index (χ3n) is 3.09. The highest BCUT2D eigenvalue weighted by molar-refractivity contribution is 5.92. The number of carbonyl (C=O) groups is 1. The highest BCUT2D eigenvalue weighted by Crippen LogP contribution is 2.27. The second-order valence-electron chi connectivity index (χ2n) is 4.46. The van der Waals surface area contributed by atoms with Gasteiger partial charge in [-0.15, -0.1) is 0 Å². The van der Waals surface area contributed by atoms with Crippen LogP contribution in [-0.2, 0) is 4.79 Å². The summed E-state index contributed by atoms with van der Waals surface area (Å²) in [5.74, 6) is 0.385. The van der Waals surface area contributed by atoms with E-state index in [1.807, 2.05) is 0 Å². The van der Waals surface area contributed by atoms with E-state index >= 15 is 0 Å². The van der Waals surface area contributed by atoms with Gasteiger partial charge in [-0.25, -0.2) is 4.79 Å². The second kappa shape index (κ2) is 5.75. The first-order chi connectivity index (χ1) is 9.55. The molecule has 2 rings (SSSR count). The highest BCUT2D eigenvalue weighted by atomic mass is 16.5. The Labute approximate surface area is 117 Å². The van der Waals surface area contributed by atoms with Crippen molar-refractivity contribution in [2.24, 2.45) is 0 Å². The number of ether oxygens (including phenoxy) is 2. The van der Waals surface area contributed by atoms with Gasteiger partial charge in [0, 0.05) is 6.42 Å². The molecule has 1 aliphatic rings. The van der Waals surface area contributed by atoms with Crippen molar-refractivity contribution in [3.05, 3.63) is 60.7 Å². The molecule has 1 unspecified atom stereocenters. The molecule has 0 radical (unpaired) electrons. The molecule has 0 aliphatic heterocycles. The van der Waals surface area contributed by atoms with Crippen LogP contribution in [0.5, 0.6) is 11.5 Å². The highest BCUT2D eigenvalue weighted by Gasteiger charge is 2.32. The van der Waals surface area contributed by atoms with Crippen molar-refractivity contribution >= 4 is 5.97 Å². The molecule has 20 heavy (non-hydrogen) atoms. The minimum Gasteiger partial charge on any atom is -0.497 e. The summed E-state index contributed by atoms with van der Waals surface area (Å²) in [5.41, 5.74) is -1.37. The molecular formula is C16H16O4. The fourth-order valence-corrected chi connectivity index (χ4v) is 1.82. The van der Waals surface area contributed by atoms with Crippen LogP contribution >= 0.6 is 0 Å². The Hall–Kier alpha value is -2.33. The Morgan fingerprint density at radius 1 is 1.25 bits per heavy atom. The van der Waals surface area contributed by atoms with Crippen LogP contribution in [0.1, 0.15) is 6.42 Å². The smallest absolute Gasteiger partial charge is 0.342 e. The van der Waals surface area contributed by atoms with Crippen molar-refractivity contribution in [3.63, 3.8) is 0 Å². The SMILES string of the molecule is C=C(C(=O)Oc1ccc(OC)cc1)C1(O)C=CC=CC1. The molecule has 0 bridgehead atoms. The van der Waals surface area contributed by atoms with Gasteiger partial charge in [0.2, 0.25) is 0 Å². The molecular weight excluding hydrogens is 256 g/mol. The van der Waals surface area contributed by atoms with Gasteiger partial charge < -0.3 is 14.6 Å². The zero-order chi connectivity index (χ0) is 14.6. The van der Waals surface area contributed by atoms with E-state index in [2.05, 4.69) is 6.58 Å². The Morgan fingerprint density at radius 2 is 1.90 bits per heavy atom. The van der Waals surface area contributed by atoms with Crippen LogP contribution in [0.25, 0.3) is 0 Å². The number of allylic oxidation sites excluding steroid dienone is 2. The standard InChI is InChI=1S/C16H16O4/c1-12(16(18)10-4-3-5-11-16)15(17)20-14-8-6-13(19-2)7-9-14/h3-10,18H,1,11H2,2H3. The van der Waals surface area contributed by atoms with Crippen molar-refractivity contribution in [2.75, 3.05) is 7.11 Å².